The van der Waals surface area contributed by atoms with E-state index in [1.165, 1.54) is 23.1 Å². The Morgan fingerprint density at radius 2 is 1.65 bits per heavy atom. The summed E-state index contributed by atoms with van der Waals surface area (Å²) >= 11 is 2.94. The zero-order chi connectivity index (χ0) is 23.9. The van der Waals surface area contributed by atoms with Crippen LogP contribution in [0.25, 0.3) is 11.3 Å². The van der Waals surface area contributed by atoms with Gasteiger partial charge in [-0.2, -0.15) is 0 Å². The van der Waals surface area contributed by atoms with E-state index >= 15 is 0 Å². The van der Waals surface area contributed by atoms with Gasteiger partial charge in [-0.25, -0.2) is 4.98 Å². The SMILES string of the molecule is COc1ccccc1NC(=O)c1ccc(NC(=O)C(C)Sc2nc(-c3ccccc3)cs2)cc1. The molecule has 3 aromatic carbocycles. The standard InChI is InChI=1S/C26H23N3O3S2/c1-17(34-26-29-22(16-33-26)18-8-4-3-5-9-18)24(30)27-20-14-12-19(13-15-20)25(31)28-21-10-6-7-11-23(21)32-2/h3-17H,1-2H3,(H,27,30)(H,28,31). The molecule has 0 bridgehead atoms. The molecule has 6 nitrogen and oxygen atoms in total. The van der Waals surface area contributed by atoms with Crippen LogP contribution in [0.4, 0.5) is 11.4 Å². The number of anilines is 2. The van der Waals surface area contributed by atoms with E-state index in [-0.39, 0.29) is 17.1 Å². The van der Waals surface area contributed by atoms with Gasteiger partial charge in [0, 0.05) is 22.2 Å². The minimum atomic E-state index is -0.330. The van der Waals surface area contributed by atoms with Crippen molar-refractivity contribution in [3.8, 4) is 17.0 Å². The van der Waals surface area contributed by atoms with E-state index in [1.54, 1.807) is 43.5 Å². The van der Waals surface area contributed by atoms with E-state index in [2.05, 4.69) is 15.6 Å². The molecule has 2 amide bonds. The number of carbonyl (C=O) groups excluding carboxylic acids is 2. The normalized spacial score (nSPS) is 11.5. The quantitative estimate of drug-likeness (QED) is 0.289. The van der Waals surface area contributed by atoms with Gasteiger partial charge in [-0.3, -0.25) is 9.59 Å². The van der Waals surface area contributed by atoms with Crippen LogP contribution >= 0.6 is 23.1 Å². The number of thiazole rings is 1. The first-order chi connectivity index (χ1) is 16.5. The highest BCUT2D eigenvalue weighted by atomic mass is 32.2. The number of methoxy groups -OCH3 is 1. The van der Waals surface area contributed by atoms with Crippen molar-refractivity contribution in [1.29, 1.82) is 0 Å². The number of carbonyl (C=O) groups is 2. The van der Waals surface area contributed by atoms with Gasteiger partial charge >= 0.3 is 0 Å². The lowest BCUT2D eigenvalue weighted by molar-refractivity contribution is -0.115. The average Bonchev–Trinajstić information content (AvgIpc) is 3.33. The van der Waals surface area contributed by atoms with Crippen molar-refractivity contribution in [2.75, 3.05) is 17.7 Å². The van der Waals surface area contributed by atoms with Crippen molar-refractivity contribution in [2.45, 2.75) is 16.5 Å². The minimum Gasteiger partial charge on any atom is -0.495 e. The zero-order valence-electron chi connectivity index (χ0n) is 18.6. The Morgan fingerprint density at radius 1 is 0.941 bits per heavy atom. The number of nitrogens with one attached hydrogen (secondary N) is 2. The summed E-state index contributed by atoms with van der Waals surface area (Å²) in [4.78, 5) is 29.9. The van der Waals surface area contributed by atoms with Crippen LogP contribution < -0.4 is 15.4 Å². The van der Waals surface area contributed by atoms with Gasteiger partial charge in [-0.05, 0) is 43.3 Å². The third kappa shape index (κ3) is 5.84. The lowest BCUT2D eigenvalue weighted by Gasteiger charge is -2.12. The Hall–Kier alpha value is -3.62. The molecule has 2 N–H and O–H groups in total. The molecule has 1 atom stereocenters. The Morgan fingerprint density at radius 3 is 2.38 bits per heavy atom. The molecular weight excluding hydrogens is 466 g/mol. The molecule has 4 aromatic rings. The molecule has 1 heterocycles. The van der Waals surface area contributed by atoms with Crippen LogP contribution in [0.1, 0.15) is 17.3 Å². The zero-order valence-corrected chi connectivity index (χ0v) is 20.3. The fraction of sp³-hybridized carbons (Fsp3) is 0.115. The number of para-hydroxylation sites is 2. The van der Waals surface area contributed by atoms with Crippen LogP contribution in [0, 0.1) is 0 Å². The molecule has 172 valence electrons. The van der Waals surface area contributed by atoms with Crippen LogP contribution in [0.3, 0.4) is 0 Å². The predicted molar refractivity (Wildman–Crippen MR) is 139 cm³/mol. The number of aromatic nitrogens is 1. The Kier molecular flexibility index (Phi) is 7.61. The second-order valence-corrected chi connectivity index (χ2v) is 9.79. The van der Waals surface area contributed by atoms with Crippen molar-refractivity contribution >= 4 is 46.3 Å². The van der Waals surface area contributed by atoms with Crippen molar-refractivity contribution in [2.24, 2.45) is 0 Å². The van der Waals surface area contributed by atoms with Gasteiger partial charge in [0.1, 0.15) is 5.75 Å². The number of rotatable bonds is 8. The predicted octanol–water partition coefficient (Wildman–Crippen LogP) is 6.19. The highest BCUT2D eigenvalue weighted by Gasteiger charge is 2.17. The monoisotopic (exact) mass is 489 g/mol. The number of hydrogen-bond donors (Lipinski definition) is 2. The van der Waals surface area contributed by atoms with Gasteiger partial charge in [0.05, 0.1) is 23.7 Å². The van der Waals surface area contributed by atoms with Crippen molar-refractivity contribution in [3.63, 3.8) is 0 Å². The van der Waals surface area contributed by atoms with Crippen LogP contribution in [0.2, 0.25) is 0 Å². The number of hydrogen-bond acceptors (Lipinski definition) is 6. The first kappa shape index (κ1) is 23.5. The van der Waals surface area contributed by atoms with E-state index < -0.39 is 0 Å². The maximum absolute atomic E-state index is 12.7. The summed E-state index contributed by atoms with van der Waals surface area (Å²) < 4.78 is 6.10. The van der Waals surface area contributed by atoms with Gasteiger partial charge < -0.3 is 15.4 Å². The lowest BCUT2D eigenvalue weighted by atomic mass is 10.2. The molecular formula is C26H23N3O3S2. The van der Waals surface area contributed by atoms with Crippen molar-refractivity contribution < 1.29 is 14.3 Å². The molecule has 0 radical (unpaired) electrons. The first-order valence-corrected chi connectivity index (χ1v) is 12.3. The summed E-state index contributed by atoms with van der Waals surface area (Å²) in [5.41, 5.74) is 3.65. The number of ether oxygens (including phenoxy) is 1. The topological polar surface area (TPSA) is 80.3 Å². The molecule has 0 aliphatic carbocycles. The Balaban J connectivity index is 1.33. The largest absolute Gasteiger partial charge is 0.495 e. The fourth-order valence-corrected chi connectivity index (χ4v) is 5.12. The Bertz CT molecular complexity index is 1270. The number of nitrogens with zero attached hydrogens (tertiary/aromatic N) is 1. The summed E-state index contributed by atoms with van der Waals surface area (Å²) in [6.07, 6.45) is 0. The molecule has 34 heavy (non-hydrogen) atoms. The molecule has 0 saturated heterocycles. The highest BCUT2D eigenvalue weighted by Crippen LogP contribution is 2.31. The molecule has 8 heteroatoms. The summed E-state index contributed by atoms with van der Waals surface area (Å²) in [7, 11) is 1.55. The van der Waals surface area contributed by atoms with Crippen LogP contribution in [0.5, 0.6) is 5.75 Å². The van der Waals surface area contributed by atoms with E-state index in [0.717, 1.165) is 15.6 Å². The maximum Gasteiger partial charge on any atom is 0.255 e. The van der Waals surface area contributed by atoms with Crippen LogP contribution in [-0.2, 0) is 4.79 Å². The van der Waals surface area contributed by atoms with Gasteiger partial charge in [0.2, 0.25) is 5.91 Å². The molecule has 0 aliphatic heterocycles. The molecule has 1 unspecified atom stereocenters. The minimum absolute atomic E-state index is 0.132. The fourth-order valence-electron chi connectivity index (χ4n) is 3.15. The number of thioether (sulfide) groups is 1. The lowest BCUT2D eigenvalue weighted by Crippen LogP contribution is -2.22. The van der Waals surface area contributed by atoms with Crippen LogP contribution in [-0.4, -0.2) is 29.2 Å². The van der Waals surface area contributed by atoms with E-state index in [9.17, 15) is 9.59 Å². The molecule has 0 saturated carbocycles. The molecule has 0 fully saturated rings. The first-order valence-electron chi connectivity index (χ1n) is 10.6. The highest BCUT2D eigenvalue weighted by molar-refractivity contribution is 8.02. The van der Waals surface area contributed by atoms with E-state index in [0.29, 0.717) is 22.7 Å². The number of amides is 2. The third-order valence-electron chi connectivity index (χ3n) is 4.97. The molecule has 0 spiro atoms. The number of benzene rings is 3. The second-order valence-electron chi connectivity index (χ2n) is 7.35. The summed E-state index contributed by atoms with van der Waals surface area (Å²) in [6, 6.07) is 23.9. The summed E-state index contributed by atoms with van der Waals surface area (Å²) in [6.45, 7) is 1.85. The van der Waals surface area contributed by atoms with Crippen LogP contribution in [0.15, 0.2) is 88.6 Å². The van der Waals surface area contributed by atoms with Gasteiger partial charge in [-0.15, -0.1) is 11.3 Å². The average molecular weight is 490 g/mol. The van der Waals surface area contributed by atoms with Gasteiger partial charge in [0.25, 0.3) is 5.91 Å². The van der Waals surface area contributed by atoms with E-state index in [4.69, 9.17) is 4.74 Å². The smallest absolute Gasteiger partial charge is 0.255 e. The molecule has 4 rings (SSSR count). The third-order valence-corrected chi connectivity index (χ3v) is 7.04. The van der Waals surface area contributed by atoms with E-state index in [1.807, 2.05) is 54.8 Å². The van der Waals surface area contributed by atoms with Crippen molar-refractivity contribution in [3.05, 3.63) is 89.8 Å². The van der Waals surface area contributed by atoms with Gasteiger partial charge in [-0.1, -0.05) is 54.2 Å². The second kappa shape index (κ2) is 11.0. The molecule has 0 aliphatic rings. The maximum atomic E-state index is 12.7. The van der Waals surface area contributed by atoms with Gasteiger partial charge in [0.15, 0.2) is 4.34 Å². The Labute approximate surface area is 206 Å². The summed E-state index contributed by atoms with van der Waals surface area (Å²) in [5, 5.41) is 7.40. The van der Waals surface area contributed by atoms with Crippen molar-refractivity contribution in [1.82, 2.24) is 4.98 Å². The summed E-state index contributed by atoms with van der Waals surface area (Å²) in [5.74, 6) is 0.194. The molecule has 1 aromatic heterocycles.